The summed E-state index contributed by atoms with van der Waals surface area (Å²) in [4.78, 5) is 40.0. The number of nitrogens with one attached hydrogen (secondary N) is 2. The van der Waals surface area contributed by atoms with Crippen molar-refractivity contribution in [3.63, 3.8) is 0 Å². The second-order valence-electron chi connectivity index (χ2n) is 9.14. The monoisotopic (exact) mass is 447 g/mol. The van der Waals surface area contributed by atoms with Crippen LogP contribution < -0.4 is 10.6 Å². The lowest BCUT2D eigenvalue weighted by molar-refractivity contribution is -0.140. The zero-order valence-electron chi connectivity index (χ0n) is 20.8. The fourth-order valence-electron chi connectivity index (χ4n) is 3.44. The number of nitrogens with zero attached hydrogens (tertiary/aromatic N) is 1. The van der Waals surface area contributed by atoms with E-state index in [1.54, 1.807) is 25.7 Å². The summed E-state index contributed by atoms with van der Waals surface area (Å²) in [5.74, 6) is -0.546. The number of alkyl carbamates (subject to hydrolysis) is 1. The molecule has 2 N–H and O–H groups in total. The van der Waals surface area contributed by atoms with Crippen LogP contribution in [0.15, 0.2) is 24.3 Å². The zero-order chi connectivity index (χ0) is 24.3. The van der Waals surface area contributed by atoms with E-state index in [0.29, 0.717) is 13.0 Å². The predicted octanol–water partition coefficient (Wildman–Crippen LogP) is 4.36. The highest BCUT2D eigenvalue weighted by atomic mass is 16.6. The molecular weight excluding hydrogens is 406 g/mol. The van der Waals surface area contributed by atoms with Gasteiger partial charge < -0.3 is 20.3 Å². The number of carbonyl (C=O) groups is 3. The van der Waals surface area contributed by atoms with Gasteiger partial charge >= 0.3 is 6.09 Å². The molecule has 0 saturated heterocycles. The lowest BCUT2D eigenvalue weighted by Crippen LogP contribution is -2.49. The van der Waals surface area contributed by atoms with Gasteiger partial charge in [-0.05, 0) is 58.1 Å². The van der Waals surface area contributed by atoms with Gasteiger partial charge in [0.2, 0.25) is 11.8 Å². The van der Waals surface area contributed by atoms with E-state index in [-0.39, 0.29) is 24.4 Å². The summed E-state index contributed by atoms with van der Waals surface area (Å²) < 4.78 is 5.23. The van der Waals surface area contributed by atoms with Gasteiger partial charge in [0, 0.05) is 12.6 Å². The average Bonchev–Trinajstić information content (AvgIpc) is 2.71. The third kappa shape index (κ3) is 9.28. The summed E-state index contributed by atoms with van der Waals surface area (Å²) >= 11 is 0. The summed E-state index contributed by atoms with van der Waals surface area (Å²) in [6, 6.07) is 7.02. The fraction of sp³-hybridized carbons (Fsp3) is 0.640. The van der Waals surface area contributed by atoms with Crippen molar-refractivity contribution in [2.75, 3.05) is 13.1 Å². The summed E-state index contributed by atoms with van der Waals surface area (Å²) in [5.41, 5.74) is 1.25. The summed E-state index contributed by atoms with van der Waals surface area (Å²) in [6.45, 7) is 13.5. The van der Waals surface area contributed by atoms with Crippen LogP contribution in [0, 0.1) is 0 Å². The van der Waals surface area contributed by atoms with Crippen molar-refractivity contribution in [3.05, 3.63) is 35.4 Å². The smallest absolute Gasteiger partial charge is 0.408 e. The number of hydrogen-bond acceptors (Lipinski definition) is 4. The Morgan fingerprint density at radius 1 is 1.03 bits per heavy atom. The number of aryl methyl sites for hydroxylation is 1. The quantitative estimate of drug-likeness (QED) is 0.528. The van der Waals surface area contributed by atoms with Crippen LogP contribution in [0.25, 0.3) is 0 Å². The maximum Gasteiger partial charge on any atom is 0.408 e. The number of carbonyl (C=O) groups excluding carboxylic acids is 3. The van der Waals surface area contributed by atoms with Crippen LogP contribution in [0.1, 0.15) is 84.9 Å². The third-order valence-corrected chi connectivity index (χ3v) is 4.94. The van der Waals surface area contributed by atoms with Crippen molar-refractivity contribution >= 4 is 17.9 Å². The molecule has 7 heteroatoms. The van der Waals surface area contributed by atoms with Crippen LogP contribution in [0.3, 0.4) is 0 Å². The minimum Gasteiger partial charge on any atom is -0.444 e. The Labute approximate surface area is 193 Å². The first-order valence-corrected chi connectivity index (χ1v) is 11.7. The highest BCUT2D eigenvalue weighted by molar-refractivity contribution is 5.90. The van der Waals surface area contributed by atoms with Crippen molar-refractivity contribution < 1.29 is 19.1 Å². The molecule has 0 fully saturated rings. The van der Waals surface area contributed by atoms with Crippen LogP contribution >= 0.6 is 0 Å². The maximum atomic E-state index is 13.3. The molecule has 2 atom stereocenters. The molecule has 0 aromatic heterocycles. The Morgan fingerprint density at radius 3 is 2.16 bits per heavy atom. The van der Waals surface area contributed by atoms with Crippen molar-refractivity contribution in [2.45, 2.75) is 91.8 Å². The van der Waals surface area contributed by atoms with E-state index < -0.39 is 17.7 Å². The molecule has 1 aromatic carbocycles. The van der Waals surface area contributed by atoms with E-state index in [0.717, 1.165) is 30.4 Å². The van der Waals surface area contributed by atoms with Crippen molar-refractivity contribution in [2.24, 2.45) is 0 Å². The summed E-state index contributed by atoms with van der Waals surface area (Å²) in [6.07, 6.45) is 2.72. The van der Waals surface area contributed by atoms with Crippen molar-refractivity contribution in [1.82, 2.24) is 15.5 Å². The molecule has 0 aliphatic carbocycles. The van der Waals surface area contributed by atoms with Gasteiger partial charge in [-0.1, -0.05) is 51.5 Å². The molecule has 0 saturated carbocycles. The van der Waals surface area contributed by atoms with E-state index in [1.165, 1.54) is 0 Å². The molecule has 2 unspecified atom stereocenters. The topological polar surface area (TPSA) is 87.7 Å². The van der Waals surface area contributed by atoms with Crippen molar-refractivity contribution in [1.29, 1.82) is 0 Å². The van der Waals surface area contributed by atoms with E-state index in [4.69, 9.17) is 4.74 Å². The van der Waals surface area contributed by atoms with E-state index in [1.807, 2.05) is 38.1 Å². The predicted molar refractivity (Wildman–Crippen MR) is 127 cm³/mol. The van der Waals surface area contributed by atoms with Crippen LogP contribution in [0.5, 0.6) is 0 Å². The Kier molecular flexibility index (Phi) is 11.2. The van der Waals surface area contributed by atoms with Gasteiger partial charge in [-0.2, -0.15) is 0 Å². The number of amides is 3. The van der Waals surface area contributed by atoms with Gasteiger partial charge in [0.05, 0.1) is 0 Å². The number of rotatable bonds is 11. The normalized spacial score (nSPS) is 13.1. The second kappa shape index (κ2) is 13.1. The second-order valence-corrected chi connectivity index (χ2v) is 9.14. The first kappa shape index (κ1) is 27.5. The maximum absolute atomic E-state index is 13.3. The van der Waals surface area contributed by atoms with E-state index >= 15 is 0 Å². The minimum absolute atomic E-state index is 0.00313. The molecular formula is C25H41N3O4. The lowest BCUT2D eigenvalue weighted by atomic mass is 10.0. The average molecular weight is 448 g/mol. The molecule has 0 bridgehead atoms. The number of ether oxygens (including phenoxy) is 1. The standard InChI is InChI=1S/C25H41N3O4/c1-8-11-18(4)27-23(30)22(20-14-12-19(10-3)13-15-20)28(16-9-2)21(29)17-26-24(31)32-25(5,6)7/h12-15,18,22H,8-11,16-17H2,1-7H3,(H,26,31)(H,27,30). The molecule has 0 aliphatic heterocycles. The van der Waals surface area contributed by atoms with Crippen LogP contribution in [0.2, 0.25) is 0 Å². The highest BCUT2D eigenvalue weighted by Gasteiger charge is 2.32. The van der Waals surface area contributed by atoms with Crippen LogP contribution in [0.4, 0.5) is 4.79 Å². The molecule has 32 heavy (non-hydrogen) atoms. The summed E-state index contributed by atoms with van der Waals surface area (Å²) in [7, 11) is 0. The Balaban J connectivity index is 3.14. The molecule has 7 nitrogen and oxygen atoms in total. The van der Waals surface area contributed by atoms with Gasteiger partial charge in [-0.15, -0.1) is 0 Å². The number of hydrogen-bond donors (Lipinski definition) is 2. The fourth-order valence-corrected chi connectivity index (χ4v) is 3.44. The molecule has 1 aromatic rings. The molecule has 0 spiro atoms. The SMILES string of the molecule is CCCC(C)NC(=O)C(c1ccc(CC)cc1)N(CCC)C(=O)CNC(=O)OC(C)(C)C. The molecule has 3 amide bonds. The molecule has 1 rings (SSSR count). The van der Waals surface area contributed by atoms with Gasteiger partial charge in [-0.25, -0.2) is 4.79 Å². The molecule has 0 radical (unpaired) electrons. The Morgan fingerprint density at radius 2 is 1.66 bits per heavy atom. The highest BCUT2D eigenvalue weighted by Crippen LogP contribution is 2.23. The Bertz CT molecular complexity index is 741. The molecule has 0 aliphatic rings. The first-order chi connectivity index (χ1) is 15.0. The van der Waals surface area contributed by atoms with Crippen molar-refractivity contribution in [3.8, 4) is 0 Å². The first-order valence-electron chi connectivity index (χ1n) is 11.7. The zero-order valence-corrected chi connectivity index (χ0v) is 20.8. The van der Waals surface area contributed by atoms with Crippen LogP contribution in [-0.4, -0.2) is 47.5 Å². The number of benzene rings is 1. The van der Waals surface area contributed by atoms with E-state index in [2.05, 4.69) is 24.5 Å². The third-order valence-electron chi connectivity index (χ3n) is 4.94. The van der Waals surface area contributed by atoms with Crippen LogP contribution in [-0.2, 0) is 20.7 Å². The minimum atomic E-state index is -0.770. The molecule has 180 valence electrons. The lowest BCUT2D eigenvalue weighted by Gasteiger charge is -2.32. The van der Waals surface area contributed by atoms with Gasteiger partial charge in [0.15, 0.2) is 0 Å². The largest absolute Gasteiger partial charge is 0.444 e. The van der Waals surface area contributed by atoms with Gasteiger partial charge in [-0.3, -0.25) is 9.59 Å². The van der Waals surface area contributed by atoms with E-state index in [9.17, 15) is 14.4 Å². The summed E-state index contributed by atoms with van der Waals surface area (Å²) in [5, 5.41) is 5.57. The van der Waals surface area contributed by atoms with Gasteiger partial charge in [0.25, 0.3) is 0 Å². The molecule has 0 heterocycles. The van der Waals surface area contributed by atoms with Gasteiger partial charge in [0.1, 0.15) is 18.2 Å². The Hall–Kier alpha value is -2.57.